The Morgan fingerprint density at radius 3 is 2.47 bits per heavy atom. The van der Waals surface area contributed by atoms with Crippen molar-refractivity contribution in [2.75, 3.05) is 13.2 Å². The number of hydrogen-bond donors (Lipinski definition) is 2. The van der Waals surface area contributed by atoms with E-state index in [1.54, 1.807) is 12.1 Å². The molecule has 0 aromatic heterocycles. The first-order chi connectivity index (χ1) is 14.3. The van der Waals surface area contributed by atoms with E-state index in [0.29, 0.717) is 29.5 Å². The van der Waals surface area contributed by atoms with Gasteiger partial charge in [-0.25, -0.2) is 9.59 Å². The number of esters is 1. The zero-order chi connectivity index (χ0) is 21.7. The SMILES string of the molecule is CCc1ccc(OCC(=O)OCC(=O)NN2C(=O)NC3(CCC(C)CC3)C2=O)cc1. The third-order valence-electron chi connectivity index (χ3n) is 5.58. The molecule has 0 radical (unpaired) electrons. The van der Waals surface area contributed by atoms with Gasteiger partial charge in [-0.3, -0.25) is 15.0 Å². The Morgan fingerprint density at radius 1 is 1.17 bits per heavy atom. The van der Waals surface area contributed by atoms with Crippen LogP contribution in [0.3, 0.4) is 0 Å². The number of amides is 4. The maximum atomic E-state index is 12.7. The van der Waals surface area contributed by atoms with E-state index in [1.165, 1.54) is 0 Å². The molecular weight excluding hydrogens is 390 g/mol. The van der Waals surface area contributed by atoms with Crippen LogP contribution in [0.5, 0.6) is 5.75 Å². The molecule has 1 saturated heterocycles. The Labute approximate surface area is 175 Å². The Kier molecular flexibility index (Phi) is 6.59. The second-order valence-electron chi connectivity index (χ2n) is 7.82. The first kappa shape index (κ1) is 21.6. The molecule has 0 bridgehead atoms. The lowest BCUT2D eigenvalue weighted by Crippen LogP contribution is -2.52. The molecule has 2 aliphatic rings. The number of carbonyl (C=O) groups excluding carboxylic acids is 4. The number of hydrogen-bond acceptors (Lipinski definition) is 6. The van der Waals surface area contributed by atoms with E-state index < -0.39 is 36.0 Å². The lowest BCUT2D eigenvalue weighted by Gasteiger charge is -2.33. The summed E-state index contributed by atoms with van der Waals surface area (Å²) in [6.45, 7) is 3.15. The first-order valence-electron chi connectivity index (χ1n) is 10.2. The molecule has 3 rings (SSSR count). The summed E-state index contributed by atoms with van der Waals surface area (Å²) in [6, 6.07) is 6.61. The molecule has 1 aromatic carbocycles. The number of benzene rings is 1. The Morgan fingerprint density at radius 2 is 1.83 bits per heavy atom. The third kappa shape index (κ3) is 4.90. The van der Waals surface area contributed by atoms with Gasteiger partial charge in [0.15, 0.2) is 13.2 Å². The number of hydrazine groups is 1. The topological polar surface area (TPSA) is 114 Å². The first-order valence-corrected chi connectivity index (χ1v) is 10.2. The van der Waals surface area contributed by atoms with Crippen molar-refractivity contribution in [1.29, 1.82) is 0 Å². The highest BCUT2D eigenvalue weighted by molar-refractivity contribution is 6.08. The molecule has 2 N–H and O–H groups in total. The van der Waals surface area contributed by atoms with Crippen molar-refractivity contribution in [3.8, 4) is 5.75 Å². The highest BCUT2D eigenvalue weighted by Crippen LogP contribution is 2.35. The van der Waals surface area contributed by atoms with E-state index in [1.807, 2.05) is 19.1 Å². The van der Waals surface area contributed by atoms with Gasteiger partial charge >= 0.3 is 12.0 Å². The molecule has 1 aliphatic carbocycles. The largest absolute Gasteiger partial charge is 0.482 e. The fourth-order valence-electron chi connectivity index (χ4n) is 3.62. The summed E-state index contributed by atoms with van der Waals surface area (Å²) in [7, 11) is 0. The number of aryl methyl sites for hydroxylation is 1. The van der Waals surface area contributed by atoms with Crippen molar-refractivity contribution in [3.63, 3.8) is 0 Å². The van der Waals surface area contributed by atoms with Gasteiger partial charge in [0, 0.05) is 0 Å². The molecule has 30 heavy (non-hydrogen) atoms. The van der Waals surface area contributed by atoms with Crippen LogP contribution < -0.4 is 15.5 Å². The van der Waals surface area contributed by atoms with Crippen molar-refractivity contribution in [1.82, 2.24) is 15.8 Å². The number of nitrogens with zero attached hydrogens (tertiary/aromatic N) is 1. The van der Waals surface area contributed by atoms with Gasteiger partial charge in [0.2, 0.25) is 0 Å². The molecule has 1 spiro atoms. The van der Waals surface area contributed by atoms with Crippen LogP contribution >= 0.6 is 0 Å². The maximum Gasteiger partial charge on any atom is 0.344 e. The molecule has 0 atom stereocenters. The van der Waals surface area contributed by atoms with Crippen LogP contribution in [0.25, 0.3) is 0 Å². The summed E-state index contributed by atoms with van der Waals surface area (Å²) in [5.41, 5.74) is 2.41. The van der Waals surface area contributed by atoms with E-state index in [2.05, 4.69) is 17.7 Å². The van der Waals surface area contributed by atoms with Crippen LogP contribution in [-0.2, 0) is 25.5 Å². The van der Waals surface area contributed by atoms with Crippen molar-refractivity contribution >= 4 is 23.8 Å². The van der Waals surface area contributed by atoms with Gasteiger partial charge in [0.25, 0.3) is 11.8 Å². The number of nitrogens with one attached hydrogen (secondary N) is 2. The highest BCUT2D eigenvalue weighted by Gasteiger charge is 2.52. The second-order valence-corrected chi connectivity index (χ2v) is 7.82. The summed E-state index contributed by atoms with van der Waals surface area (Å²) < 4.78 is 10.2. The second kappa shape index (κ2) is 9.15. The monoisotopic (exact) mass is 417 g/mol. The molecule has 4 amide bonds. The minimum absolute atomic E-state index is 0.358. The maximum absolute atomic E-state index is 12.7. The molecule has 1 saturated carbocycles. The van der Waals surface area contributed by atoms with Crippen LogP contribution in [0.1, 0.15) is 45.1 Å². The van der Waals surface area contributed by atoms with E-state index in [0.717, 1.165) is 24.8 Å². The summed E-state index contributed by atoms with van der Waals surface area (Å²) in [5, 5.41) is 3.38. The van der Waals surface area contributed by atoms with Crippen molar-refractivity contribution < 1.29 is 28.7 Å². The minimum Gasteiger partial charge on any atom is -0.482 e. The summed E-state index contributed by atoms with van der Waals surface area (Å²) in [4.78, 5) is 48.7. The number of rotatable bonds is 7. The Balaban J connectivity index is 1.43. The number of urea groups is 1. The smallest absolute Gasteiger partial charge is 0.344 e. The fraction of sp³-hybridized carbons (Fsp3) is 0.524. The molecule has 9 nitrogen and oxygen atoms in total. The molecule has 1 aromatic rings. The zero-order valence-electron chi connectivity index (χ0n) is 17.2. The van der Waals surface area contributed by atoms with Gasteiger partial charge < -0.3 is 14.8 Å². The molecule has 1 heterocycles. The lowest BCUT2D eigenvalue weighted by atomic mass is 9.77. The fourth-order valence-corrected chi connectivity index (χ4v) is 3.62. The molecular formula is C21H27N3O6. The van der Waals surface area contributed by atoms with Gasteiger partial charge in [-0.2, -0.15) is 5.01 Å². The molecule has 9 heteroatoms. The van der Waals surface area contributed by atoms with Gasteiger partial charge in [-0.1, -0.05) is 26.0 Å². The third-order valence-corrected chi connectivity index (χ3v) is 5.58. The number of ether oxygens (including phenoxy) is 2. The molecule has 2 fully saturated rings. The summed E-state index contributed by atoms with van der Waals surface area (Å²) in [6.07, 6.45) is 3.63. The lowest BCUT2D eigenvalue weighted by molar-refractivity contribution is -0.152. The van der Waals surface area contributed by atoms with Crippen LogP contribution in [0.15, 0.2) is 24.3 Å². The van der Waals surface area contributed by atoms with Gasteiger partial charge in [0.05, 0.1) is 0 Å². The van der Waals surface area contributed by atoms with Crippen LogP contribution in [-0.4, -0.2) is 47.6 Å². The average molecular weight is 417 g/mol. The van der Waals surface area contributed by atoms with Gasteiger partial charge in [-0.15, -0.1) is 0 Å². The average Bonchev–Trinajstić information content (AvgIpc) is 2.97. The van der Waals surface area contributed by atoms with Crippen molar-refractivity contribution in [2.24, 2.45) is 5.92 Å². The summed E-state index contributed by atoms with van der Waals surface area (Å²) >= 11 is 0. The predicted molar refractivity (Wildman–Crippen MR) is 106 cm³/mol. The highest BCUT2D eigenvalue weighted by atomic mass is 16.6. The van der Waals surface area contributed by atoms with Crippen LogP contribution in [0.4, 0.5) is 4.79 Å². The zero-order valence-corrected chi connectivity index (χ0v) is 17.2. The molecule has 162 valence electrons. The van der Waals surface area contributed by atoms with E-state index in [4.69, 9.17) is 9.47 Å². The van der Waals surface area contributed by atoms with Gasteiger partial charge in [-0.05, 0) is 55.7 Å². The van der Waals surface area contributed by atoms with E-state index in [9.17, 15) is 19.2 Å². The Bertz CT molecular complexity index is 815. The Hall–Kier alpha value is -3.10. The quantitative estimate of drug-likeness (QED) is 0.516. The van der Waals surface area contributed by atoms with Crippen LogP contribution in [0, 0.1) is 5.92 Å². The van der Waals surface area contributed by atoms with E-state index in [-0.39, 0.29) is 6.61 Å². The molecule has 1 aliphatic heterocycles. The van der Waals surface area contributed by atoms with E-state index >= 15 is 0 Å². The molecule has 0 unspecified atom stereocenters. The predicted octanol–water partition coefficient (Wildman–Crippen LogP) is 1.70. The number of carbonyl (C=O) groups is 4. The normalized spacial score (nSPS) is 23.3. The van der Waals surface area contributed by atoms with Crippen molar-refractivity contribution in [2.45, 2.75) is 51.5 Å². The minimum atomic E-state index is -0.950. The number of imide groups is 1. The van der Waals surface area contributed by atoms with Crippen molar-refractivity contribution in [3.05, 3.63) is 29.8 Å². The summed E-state index contributed by atoms with van der Waals surface area (Å²) in [5.74, 6) is -0.979. The van der Waals surface area contributed by atoms with Gasteiger partial charge in [0.1, 0.15) is 11.3 Å². The van der Waals surface area contributed by atoms with Crippen LogP contribution in [0.2, 0.25) is 0 Å². The standard InChI is InChI=1S/C21H27N3O6/c1-3-15-4-6-16(7-5-15)29-13-18(26)30-12-17(25)23-24-19(27)21(22-20(24)28)10-8-14(2)9-11-21/h4-7,14H,3,8-13H2,1-2H3,(H,22,28)(H,23,25).